The highest BCUT2D eigenvalue weighted by Crippen LogP contribution is 2.43. The second-order valence-corrected chi connectivity index (χ2v) is 8.58. The zero-order valence-corrected chi connectivity index (χ0v) is 18.7. The van der Waals surface area contributed by atoms with E-state index in [-0.39, 0.29) is 26.5 Å². The Morgan fingerprint density at radius 2 is 1.70 bits per heavy atom. The molecular weight excluding hydrogens is 500 g/mol. The number of fused-ring (bicyclic) bond motifs is 1. The third-order valence-electron chi connectivity index (χ3n) is 4.56. The molecule has 1 atom stereocenters. The summed E-state index contributed by atoms with van der Waals surface area (Å²) in [5.74, 6) is -0.0994. The molecule has 0 aliphatic rings. The number of aromatic nitrogens is 1. The summed E-state index contributed by atoms with van der Waals surface area (Å²) >= 11 is 13.0. The van der Waals surface area contributed by atoms with Gasteiger partial charge in [-0.3, -0.25) is 0 Å². The summed E-state index contributed by atoms with van der Waals surface area (Å²) in [6, 6.07) is 16.5. The normalized spacial score (nSPS) is 12.5. The van der Waals surface area contributed by atoms with Crippen LogP contribution < -0.4 is 9.64 Å². The van der Waals surface area contributed by atoms with Crippen LogP contribution in [-0.4, -0.2) is 22.4 Å². The number of hydrogen-bond acceptors (Lipinski definition) is 4. The molecule has 3 aromatic carbocycles. The van der Waals surface area contributed by atoms with Gasteiger partial charge in [-0.25, -0.2) is 14.7 Å². The van der Waals surface area contributed by atoms with Crippen molar-refractivity contribution in [1.29, 1.82) is 0 Å². The maximum Gasteiger partial charge on any atom is 0.429 e. The Hall–Kier alpha value is -3.01. The number of ether oxygens (including phenoxy) is 1. The molecule has 5 nitrogen and oxygen atoms in total. The van der Waals surface area contributed by atoms with Crippen molar-refractivity contribution in [3.05, 3.63) is 82.3 Å². The lowest BCUT2D eigenvalue weighted by molar-refractivity contribution is -0.197. The third kappa shape index (κ3) is 4.85. The van der Waals surface area contributed by atoms with Crippen LogP contribution in [0.3, 0.4) is 0 Å². The molecular formula is C22H13Cl2F3N2O3S. The molecule has 4 rings (SSSR count). The quantitative estimate of drug-likeness (QED) is 0.293. The lowest BCUT2D eigenvalue weighted by atomic mass is 10.1. The number of hydrogen-bond donors (Lipinski definition) is 1. The second-order valence-electron chi connectivity index (χ2n) is 6.75. The Morgan fingerprint density at radius 1 is 1.03 bits per heavy atom. The zero-order chi connectivity index (χ0) is 23.8. The largest absolute Gasteiger partial charge is 0.476 e. The van der Waals surface area contributed by atoms with Crippen LogP contribution >= 0.6 is 34.5 Å². The van der Waals surface area contributed by atoms with E-state index in [9.17, 15) is 23.1 Å². The first-order valence-electron chi connectivity index (χ1n) is 9.31. The number of thiazole rings is 1. The molecule has 0 aliphatic heterocycles. The average Bonchev–Trinajstić information content (AvgIpc) is 3.15. The van der Waals surface area contributed by atoms with E-state index in [2.05, 4.69) is 4.98 Å². The molecule has 0 bridgehead atoms. The highest BCUT2D eigenvalue weighted by molar-refractivity contribution is 7.22. The number of halogens is 5. The molecule has 33 heavy (non-hydrogen) atoms. The van der Waals surface area contributed by atoms with E-state index in [1.54, 1.807) is 30.3 Å². The first kappa shape index (κ1) is 23.2. The van der Waals surface area contributed by atoms with E-state index in [0.29, 0.717) is 15.9 Å². The van der Waals surface area contributed by atoms with E-state index in [4.69, 9.17) is 27.9 Å². The minimum Gasteiger partial charge on any atom is -0.476 e. The summed E-state index contributed by atoms with van der Waals surface area (Å²) in [6.07, 6.45) is -8.44. The highest BCUT2D eigenvalue weighted by Gasteiger charge is 2.45. The van der Waals surface area contributed by atoms with Gasteiger partial charge in [0.15, 0.2) is 0 Å². The fourth-order valence-corrected chi connectivity index (χ4v) is 4.73. The Morgan fingerprint density at radius 3 is 2.30 bits per heavy atom. The molecule has 0 spiro atoms. The van der Waals surface area contributed by atoms with Crippen molar-refractivity contribution < 1.29 is 27.8 Å². The predicted octanol–water partition coefficient (Wildman–Crippen LogP) is 8.10. The van der Waals surface area contributed by atoms with Crippen molar-refractivity contribution in [2.75, 3.05) is 4.90 Å². The van der Waals surface area contributed by atoms with Crippen molar-refractivity contribution in [2.24, 2.45) is 0 Å². The number of nitrogens with zero attached hydrogens (tertiary/aromatic N) is 2. The van der Waals surface area contributed by atoms with Crippen molar-refractivity contribution in [2.45, 2.75) is 12.3 Å². The van der Waals surface area contributed by atoms with Gasteiger partial charge in [0.2, 0.25) is 11.2 Å². The number of para-hydroxylation sites is 1. The summed E-state index contributed by atoms with van der Waals surface area (Å²) in [6.45, 7) is 0. The topological polar surface area (TPSA) is 62.7 Å². The predicted molar refractivity (Wildman–Crippen MR) is 122 cm³/mol. The van der Waals surface area contributed by atoms with Crippen LogP contribution in [0.1, 0.15) is 11.7 Å². The number of benzene rings is 3. The molecule has 0 fully saturated rings. The molecule has 170 valence electrons. The van der Waals surface area contributed by atoms with Crippen molar-refractivity contribution >= 4 is 61.7 Å². The van der Waals surface area contributed by atoms with Crippen molar-refractivity contribution in [3.8, 4) is 5.75 Å². The summed E-state index contributed by atoms with van der Waals surface area (Å²) in [5, 5.41) is 9.46. The molecule has 0 saturated heterocycles. The third-order valence-corrected chi connectivity index (χ3v) is 6.22. The average molecular weight is 513 g/mol. The van der Waals surface area contributed by atoms with Crippen LogP contribution in [-0.2, 0) is 0 Å². The Labute approximate surface area is 199 Å². The van der Waals surface area contributed by atoms with Crippen molar-refractivity contribution in [1.82, 2.24) is 4.98 Å². The van der Waals surface area contributed by atoms with Gasteiger partial charge in [-0.05, 0) is 42.5 Å². The van der Waals surface area contributed by atoms with E-state index < -0.39 is 18.4 Å². The Balaban J connectivity index is 1.71. The van der Waals surface area contributed by atoms with E-state index in [1.807, 2.05) is 0 Å². The second kappa shape index (κ2) is 9.09. The lowest BCUT2D eigenvalue weighted by Gasteiger charge is -2.24. The molecule has 1 amide bonds. The van der Waals surface area contributed by atoms with Crippen molar-refractivity contribution in [3.63, 3.8) is 0 Å². The number of rotatable bonds is 5. The molecule has 0 aliphatic carbocycles. The number of carboxylic acid groups (broad SMARTS) is 1. The van der Waals surface area contributed by atoms with Gasteiger partial charge in [-0.2, -0.15) is 13.2 Å². The van der Waals surface area contributed by atoms with Gasteiger partial charge in [0.25, 0.3) is 0 Å². The van der Waals surface area contributed by atoms with Gasteiger partial charge in [-0.15, -0.1) is 0 Å². The van der Waals surface area contributed by atoms with E-state index in [1.165, 1.54) is 36.4 Å². The molecule has 11 heteroatoms. The Bertz CT molecular complexity index is 1300. The van der Waals surface area contributed by atoms with Crippen LogP contribution in [0, 0.1) is 0 Å². The lowest BCUT2D eigenvalue weighted by Crippen LogP contribution is -2.26. The van der Waals surface area contributed by atoms with E-state index >= 15 is 0 Å². The maximum absolute atomic E-state index is 13.8. The van der Waals surface area contributed by atoms with Gasteiger partial charge >= 0.3 is 12.3 Å². The highest BCUT2D eigenvalue weighted by atomic mass is 35.5. The first-order valence-corrected chi connectivity index (χ1v) is 10.9. The zero-order valence-electron chi connectivity index (χ0n) is 16.4. The minimum atomic E-state index is -4.80. The molecule has 4 aromatic rings. The smallest absolute Gasteiger partial charge is 0.429 e. The van der Waals surface area contributed by atoms with Gasteiger partial charge in [-0.1, -0.05) is 58.8 Å². The van der Waals surface area contributed by atoms with Crippen LogP contribution in [0.25, 0.3) is 10.2 Å². The fourth-order valence-electron chi connectivity index (χ4n) is 3.13. The summed E-state index contributed by atoms with van der Waals surface area (Å²) in [4.78, 5) is 17.1. The van der Waals surface area contributed by atoms with Gasteiger partial charge in [0.1, 0.15) is 5.75 Å². The molecule has 1 aromatic heterocycles. The molecule has 0 saturated carbocycles. The number of amides is 1. The van der Waals surface area contributed by atoms with Crippen LogP contribution in [0.5, 0.6) is 5.75 Å². The van der Waals surface area contributed by atoms with E-state index in [0.717, 1.165) is 16.2 Å². The van der Waals surface area contributed by atoms with Gasteiger partial charge in [0, 0.05) is 15.6 Å². The molecule has 1 unspecified atom stereocenters. The standard InChI is InChI=1S/C22H13Cl2F3N2O3S/c23-14-7-4-8-15(24)18(14)19(22(25,26)27)32-13-9-10-16-17(11-13)33-20(28-16)29(21(30)31)12-5-2-1-3-6-12/h1-11,19H,(H,30,31). The molecule has 0 radical (unpaired) electrons. The first-order chi connectivity index (χ1) is 15.6. The van der Waals surface area contributed by atoms with Gasteiger partial charge in [0.05, 0.1) is 15.9 Å². The maximum atomic E-state index is 13.8. The summed E-state index contributed by atoms with van der Waals surface area (Å²) in [7, 11) is 0. The summed E-state index contributed by atoms with van der Waals surface area (Å²) < 4.78 is 47.2. The number of carbonyl (C=O) groups is 1. The monoisotopic (exact) mass is 512 g/mol. The number of anilines is 2. The number of alkyl halides is 3. The summed E-state index contributed by atoms with van der Waals surface area (Å²) in [5.41, 5.74) is 0.398. The minimum absolute atomic E-state index is 0.0994. The van der Waals surface area contributed by atoms with Crippen LogP contribution in [0.4, 0.5) is 28.8 Å². The Kier molecular flexibility index (Phi) is 6.38. The SMILES string of the molecule is O=C(O)N(c1ccccc1)c1nc2ccc(OC(c3c(Cl)cccc3Cl)C(F)(F)F)cc2s1. The molecule has 1 heterocycles. The molecule has 1 N–H and O–H groups in total. The fraction of sp³-hybridized carbons (Fsp3) is 0.0909. The van der Waals surface area contributed by atoms with Crippen LogP contribution in [0.15, 0.2) is 66.7 Å². The van der Waals surface area contributed by atoms with Gasteiger partial charge < -0.3 is 9.84 Å². The van der Waals surface area contributed by atoms with Crippen LogP contribution in [0.2, 0.25) is 10.0 Å².